The lowest BCUT2D eigenvalue weighted by Crippen LogP contribution is -2.27. The highest BCUT2D eigenvalue weighted by atomic mass is 16.3. The minimum Gasteiger partial charge on any atom is -0.459 e. The van der Waals surface area contributed by atoms with Crippen LogP contribution in [0.1, 0.15) is 23.4 Å². The molecule has 2 atom stereocenters. The van der Waals surface area contributed by atoms with Crippen molar-refractivity contribution in [1.82, 2.24) is 5.32 Å². The van der Waals surface area contributed by atoms with Crippen molar-refractivity contribution >= 4 is 5.91 Å². The van der Waals surface area contributed by atoms with Crippen molar-refractivity contribution < 1.29 is 9.21 Å². The Morgan fingerprint density at radius 1 is 1.56 bits per heavy atom. The van der Waals surface area contributed by atoms with E-state index in [-0.39, 0.29) is 5.91 Å². The molecule has 0 saturated heterocycles. The van der Waals surface area contributed by atoms with Crippen LogP contribution in [0.2, 0.25) is 0 Å². The van der Waals surface area contributed by atoms with E-state index in [0.717, 1.165) is 12.8 Å². The molecule has 3 rings (SSSR count). The van der Waals surface area contributed by atoms with Gasteiger partial charge in [0.15, 0.2) is 5.76 Å². The highest BCUT2D eigenvalue weighted by molar-refractivity contribution is 5.92. The standard InChI is InChI=1S/C13H13NO2/c15-13(12-5-2-6-16-12)14-8-10-7-9-3-1-4-11(9)10/h1-3,5-6,8-9,11H,4,7H2,(H,14,15)/b10-8+. The lowest BCUT2D eigenvalue weighted by Gasteiger charge is -2.33. The summed E-state index contributed by atoms with van der Waals surface area (Å²) in [7, 11) is 0. The first-order chi connectivity index (χ1) is 7.84. The minimum absolute atomic E-state index is 0.174. The molecule has 3 heteroatoms. The molecule has 1 saturated carbocycles. The minimum atomic E-state index is -0.174. The number of furan rings is 1. The fourth-order valence-electron chi connectivity index (χ4n) is 2.41. The van der Waals surface area contributed by atoms with Gasteiger partial charge in [0.1, 0.15) is 0 Å². The quantitative estimate of drug-likeness (QED) is 0.770. The van der Waals surface area contributed by atoms with Gasteiger partial charge in [-0.15, -0.1) is 0 Å². The monoisotopic (exact) mass is 215 g/mol. The molecule has 3 nitrogen and oxygen atoms in total. The number of carbonyl (C=O) groups excluding carboxylic acids is 1. The van der Waals surface area contributed by atoms with E-state index in [4.69, 9.17) is 4.42 Å². The van der Waals surface area contributed by atoms with Crippen molar-refractivity contribution in [3.8, 4) is 0 Å². The smallest absolute Gasteiger partial charge is 0.290 e. The molecular formula is C13H13NO2. The molecular weight excluding hydrogens is 202 g/mol. The number of nitrogens with one attached hydrogen (secondary N) is 1. The summed E-state index contributed by atoms with van der Waals surface area (Å²) in [6, 6.07) is 3.37. The SMILES string of the molecule is O=C(N/C=C1\CC2C=CCC12)c1ccco1. The Labute approximate surface area is 93.8 Å². The van der Waals surface area contributed by atoms with Crippen LogP contribution in [0.25, 0.3) is 0 Å². The van der Waals surface area contributed by atoms with E-state index in [1.165, 1.54) is 11.8 Å². The molecule has 0 aromatic carbocycles. The van der Waals surface area contributed by atoms with Crippen LogP contribution >= 0.6 is 0 Å². The van der Waals surface area contributed by atoms with Crippen LogP contribution in [0, 0.1) is 11.8 Å². The first-order valence-electron chi connectivity index (χ1n) is 5.54. The van der Waals surface area contributed by atoms with E-state index < -0.39 is 0 Å². The third-order valence-electron chi connectivity index (χ3n) is 3.37. The van der Waals surface area contributed by atoms with Crippen LogP contribution in [0.15, 0.2) is 46.7 Å². The van der Waals surface area contributed by atoms with Gasteiger partial charge in [0, 0.05) is 6.20 Å². The third kappa shape index (κ3) is 1.48. The molecule has 1 N–H and O–H groups in total. The number of amides is 1. The second-order valence-electron chi connectivity index (χ2n) is 4.31. The molecule has 0 bridgehead atoms. The molecule has 82 valence electrons. The van der Waals surface area contributed by atoms with Gasteiger partial charge in [0.05, 0.1) is 6.26 Å². The molecule has 0 spiro atoms. The number of allylic oxidation sites excluding steroid dienone is 3. The van der Waals surface area contributed by atoms with Gasteiger partial charge >= 0.3 is 0 Å². The second-order valence-corrected chi connectivity index (χ2v) is 4.31. The van der Waals surface area contributed by atoms with E-state index >= 15 is 0 Å². The van der Waals surface area contributed by atoms with Crippen molar-refractivity contribution in [3.63, 3.8) is 0 Å². The van der Waals surface area contributed by atoms with E-state index in [9.17, 15) is 4.79 Å². The zero-order valence-electron chi connectivity index (χ0n) is 8.85. The predicted octanol–water partition coefficient (Wildman–Crippen LogP) is 2.49. The van der Waals surface area contributed by atoms with Gasteiger partial charge < -0.3 is 9.73 Å². The number of fused-ring (bicyclic) bond motifs is 1. The van der Waals surface area contributed by atoms with Gasteiger partial charge in [-0.2, -0.15) is 0 Å². The molecule has 1 aromatic heterocycles. The second kappa shape index (κ2) is 3.67. The van der Waals surface area contributed by atoms with Crippen molar-refractivity contribution in [2.24, 2.45) is 11.8 Å². The molecule has 1 aromatic rings. The van der Waals surface area contributed by atoms with Crippen LogP contribution in [0.4, 0.5) is 0 Å². The zero-order chi connectivity index (χ0) is 11.0. The average molecular weight is 215 g/mol. The zero-order valence-corrected chi connectivity index (χ0v) is 8.85. The fourth-order valence-corrected chi connectivity index (χ4v) is 2.41. The molecule has 1 fully saturated rings. The molecule has 0 aliphatic heterocycles. The maximum atomic E-state index is 11.6. The van der Waals surface area contributed by atoms with E-state index in [0.29, 0.717) is 17.6 Å². The Morgan fingerprint density at radius 3 is 3.25 bits per heavy atom. The number of rotatable bonds is 2. The number of hydrogen-bond acceptors (Lipinski definition) is 2. The summed E-state index contributed by atoms with van der Waals surface area (Å²) < 4.78 is 5.01. The summed E-state index contributed by atoms with van der Waals surface area (Å²) in [6.45, 7) is 0. The summed E-state index contributed by atoms with van der Waals surface area (Å²) in [5, 5.41) is 2.78. The van der Waals surface area contributed by atoms with Crippen LogP contribution in [0.5, 0.6) is 0 Å². The first-order valence-corrected chi connectivity index (χ1v) is 5.54. The maximum absolute atomic E-state index is 11.6. The topological polar surface area (TPSA) is 42.2 Å². The lowest BCUT2D eigenvalue weighted by atomic mass is 9.72. The van der Waals surface area contributed by atoms with Gasteiger partial charge in [-0.05, 0) is 42.4 Å². The normalized spacial score (nSPS) is 28.9. The maximum Gasteiger partial charge on any atom is 0.290 e. The first kappa shape index (κ1) is 9.46. The summed E-state index contributed by atoms with van der Waals surface area (Å²) in [6.07, 6.45) is 10.1. The number of carbonyl (C=O) groups is 1. The summed E-state index contributed by atoms with van der Waals surface area (Å²) in [4.78, 5) is 11.6. The van der Waals surface area contributed by atoms with Crippen LogP contribution in [0.3, 0.4) is 0 Å². The van der Waals surface area contributed by atoms with E-state index in [1.807, 2.05) is 6.20 Å². The van der Waals surface area contributed by atoms with Crippen molar-refractivity contribution in [2.75, 3.05) is 0 Å². The Balaban J connectivity index is 1.61. The van der Waals surface area contributed by atoms with Crippen molar-refractivity contribution in [1.29, 1.82) is 0 Å². The Kier molecular flexibility index (Phi) is 2.17. The molecule has 2 aliphatic rings. The largest absolute Gasteiger partial charge is 0.459 e. The molecule has 2 aliphatic carbocycles. The van der Waals surface area contributed by atoms with Gasteiger partial charge in [0.25, 0.3) is 5.91 Å². The predicted molar refractivity (Wildman–Crippen MR) is 59.6 cm³/mol. The summed E-state index contributed by atoms with van der Waals surface area (Å²) >= 11 is 0. The highest BCUT2D eigenvalue weighted by Gasteiger charge is 2.36. The molecule has 1 heterocycles. The molecule has 16 heavy (non-hydrogen) atoms. The van der Waals surface area contributed by atoms with Gasteiger partial charge in [0.2, 0.25) is 0 Å². The Bertz CT molecular complexity index is 456. The number of hydrogen-bond donors (Lipinski definition) is 1. The van der Waals surface area contributed by atoms with Crippen LogP contribution in [-0.2, 0) is 0 Å². The van der Waals surface area contributed by atoms with Gasteiger partial charge in [-0.25, -0.2) is 0 Å². The third-order valence-corrected chi connectivity index (χ3v) is 3.37. The lowest BCUT2D eigenvalue weighted by molar-refractivity contribution is 0.0941. The van der Waals surface area contributed by atoms with Crippen LogP contribution in [-0.4, -0.2) is 5.91 Å². The Hall–Kier alpha value is -1.77. The van der Waals surface area contributed by atoms with E-state index in [2.05, 4.69) is 17.5 Å². The fraction of sp³-hybridized carbons (Fsp3) is 0.308. The Morgan fingerprint density at radius 2 is 2.50 bits per heavy atom. The molecule has 0 radical (unpaired) electrons. The average Bonchev–Trinajstić information content (AvgIpc) is 2.88. The summed E-state index contributed by atoms with van der Waals surface area (Å²) in [5.41, 5.74) is 1.34. The van der Waals surface area contributed by atoms with Crippen LogP contribution < -0.4 is 5.32 Å². The van der Waals surface area contributed by atoms with E-state index in [1.54, 1.807) is 12.1 Å². The van der Waals surface area contributed by atoms with Crippen molar-refractivity contribution in [3.05, 3.63) is 48.1 Å². The highest BCUT2D eigenvalue weighted by Crippen LogP contribution is 2.46. The van der Waals surface area contributed by atoms with Gasteiger partial charge in [-0.3, -0.25) is 4.79 Å². The van der Waals surface area contributed by atoms with Crippen molar-refractivity contribution in [2.45, 2.75) is 12.8 Å². The summed E-state index contributed by atoms with van der Waals surface area (Å²) in [5.74, 6) is 1.54. The molecule has 2 unspecified atom stereocenters. The van der Waals surface area contributed by atoms with Gasteiger partial charge in [-0.1, -0.05) is 12.2 Å². The molecule has 1 amide bonds.